The second-order valence-corrected chi connectivity index (χ2v) is 5.75. The minimum atomic E-state index is -0.672. The zero-order valence-electron chi connectivity index (χ0n) is 12.3. The van der Waals surface area contributed by atoms with E-state index in [1.54, 1.807) is 23.1 Å². The molecule has 6 heteroatoms. The molecule has 2 fully saturated rings. The molecule has 1 aliphatic heterocycles. The van der Waals surface area contributed by atoms with E-state index in [1.807, 2.05) is 6.07 Å². The van der Waals surface area contributed by atoms with E-state index in [-0.39, 0.29) is 11.9 Å². The number of rotatable bonds is 3. The Morgan fingerprint density at radius 2 is 1.95 bits per heavy atom. The number of carbonyl (C=O) groups excluding carboxylic acids is 3. The third-order valence-corrected chi connectivity index (χ3v) is 3.86. The molecule has 1 saturated carbocycles. The fourth-order valence-electron chi connectivity index (χ4n) is 2.50. The van der Waals surface area contributed by atoms with Gasteiger partial charge < -0.3 is 15.5 Å². The minimum absolute atomic E-state index is 0.0983. The van der Waals surface area contributed by atoms with E-state index < -0.39 is 11.8 Å². The maximum Gasteiger partial charge on any atom is 0.313 e. The first-order valence-electron chi connectivity index (χ1n) is 7.66. The minimum Gasteiger partial charge on any atom is -0.345 e. The van der Waals surface area contributed by atoms with Gasteiger partial charge in [0.05, 0.1) is 0 Å². The van der Waals surface area contributed by atoms with Gasteiger partial charge in [-0.25, -0.2) is 0 Å². The van der Waals surface area contributed by atoms with Crippen LogP contribution in [0.25, 0.3) is 0 Å². The van der Waals surface area contributed by atoms with E-state index in [0.717, 1.165) is 31.4 Å². The number of nitrogens with one attached hydrogen (secondary N) is 2. The molecule has 22 heavy (non-hydrogen) atoms. The van der Waals surface area contributed by atoms with E-state index in [1.165, 1.54) is 0 Å². The third-order valence-electron chi connectivity index (χ3n) is 3.86. The van der Waals surface area contributed by atoms with Crippen molar-refractivity contribution in [3.63, 3.8) is 0 Å². The summed E-state index contributed by atoms with van der Waals surface area (Å²) in [6.45, 7) is 0.693. The Balaban J connectivity index is 1.66. The Hall–Kier alpha value is -2.37. The fraction of sp³-hybridized carbons (Fsp3) is 0.438. The Bertz CT molecular complexity index is 610. The zero-order valence-corrected chi connectivity index (χ0v) is 12.3. The third kappa shape index (κ3) is 3.44. The van der Waals surface area contributed by atoms with Crippen molar-refractivity contribution >= 4 is 29.1 Å². The lowest BCUT2D eigenvalue weighted by molar-refractivity contribution is -0.136. The van der Waals surface area contributed by atoms with Crippen LogP contribution in [0.1, 0.15) is 32.1 Å². The summed E-state index contributed by atoms with van der Waals surface area (Å²) >= 11 is 0. The van der Waals surface area contributed by atoms with Gasteiger partial charge >= 0.3 is 11.8 Å². The molecule has 3 rings (SSSR count). The predicted molar refractivity (Wildman–Crippen MR) is 82.4 cm³/mol. The van der Waals surface area contributed by atoms with Crippen LogP contribution in [0, 0.1) is 0 Å². The van der Waals surface area contributed by atoms with Gasteiger partial charge in [0.1, 0.15) is 0 Å². The van der Waals surface area contributed by atoms with Crippen LogP contribution in [0.2, 0.25) is 0 Å². The molecular formula is C16H19N3O3. The first-order chi connectivity index (χ1) is 10.6. The van der Waals surface area contributed by atoms with Gasteiger partial charge in [-0.1, -0.05) is 6.07 Å². The summed E-state index contributed by atoms with van der Waals surface area (Å²) in [7, 11) is 0. The summed E-state index contributed by atoms with van der Waals surface area (Å²) in [5.41, 5.74) is 1.27. The summed E-state index contributed by atoms with van der Waals surface area (Å²) in [4.78, 5) is 37.1. The monoisotopic (exact) mass is 301 g/mol. The number of piperidine rings is 1. The first kappa shape index (κ1) is 14.6. The number of carbonyl (C=O) groups is 3. The molecule has 116 valence electrons. The summed E-state index contributed by atoms with van der Waals surface area (Å²) in [5, 5.41) is 5.22. The van der Waals surface area contributed by atoms with Crippen molar-refractivity contribution < 1.29 is 14.4 Å². The fourth-order valence-corrected chi connectivity index (χ4v) is 2.50. The molecule has 3 amide bonds. The molecule has 1 aromatic rings. The summed E-state index contributed by atoms with van der Waals surface area (Å²) in [5.74, 6) is -1.18. The molecule has 1 aromatic carbocycles. The van der Waals surface area contributed by atoms with Gasteiger partial charge in [-0.05, 0) is 43.9 Å². The van der Waals surface area contributed by atoms with Gasteiger partial charge in [0.2, 0.25) is 5.91 Å². The standard InChI is InChI=1S/C16H19N3O3/c20-14-6-1-2-9-19(14)13-5-3-4-12(10-13)18-16(22)15(21)17-11-7-8-11/h3-5,10-11H,1-2,6-9H2,(H,17,21)(H,18,22). The Morgan fingerprint density at radius 3 is 2.68 bits per heavy atom. The van der Waals surface area contributed by atoms with Gasteiger partial charge in [-0.15, -0.1) is 0 Å². The summed E-state index contributed by atoms with van der Waals surface area (Å²) in [6, 6.07) is 7.19. The van der Waals surface area contributed by atoms with E-state index in [2.05, 4.69) is 10.6 Å². The van der Waals surface area contributed by atoms with Crippen molar-refractivity contribution in [3.05, 3.63) is 24.3 Å². The average Bonchev–Trinajstić information content (AvgIpc) is 3.32. The molecule has 1 saturated heterocycles. The number of amides is 3. The molecule has 1 heterocycles. The largest absolute Gasteiger partial charge is 0.345 e. The van der Waals surface area contributed by atoms with Crippen LogP contribution >= 0.6 is 0 Å². The maximum absolute atomic E-state index is 11.9. The SMILES string of the molecule is O=C(Nc1cccc(N2CCCCC2=O)c1)C(=O)NC1CC1. The molecular weight excluding hydrogens is 282 g/mol. The number of anilines is 2. The molecule has 1 aliphatic carbocycles. The molecule has 0 spiro atoms. The van der Waals surface area contributed by atoms with Crippen molar-refractivity contribution in [3.8, 4) is 0 Å². The van der Waals surface area contributed by atoms with Gasteiger partial charge in [0, 0.05) is 30.4 Å². The Kier molecular flexibility index (Phi) is 4.09. The van der Waals surface area contributed by atoms with Gasteiger partial charge in [0.25, 0.3) is 0 Å². The van der Waals surface area contributed by atoms with Crippen molar-refractivity contribution in [2.75, 3.05) is 16.8 Å². The second kappa shape index (κ2) is 6.17. The van der Waals surface area contributed by atoms with Crippen LogP contribution in [0.15, 0.2) is 24.3 Å². The van der Waals surface area contributed by atoms with Crippen LogP contribution < -0.4 is 15.5 Å². The molecule has 2 aliphatic rings. The Morgan fingerprint density at radius 1 is 1.14 bits per heavy atom. The lowest BCUT2D eigenvalue weighted by Crippen LogP contribution is -2.37. The first-order valence-corrected chi connectivity index (χ1v) is 7.66. The normalized spacial score (nSPS) is 18.0. The quantitative estimate of drug-likeness (QED) is 0.829. The molecule has 6 nitrogen and oxygen atoms in total. The molecule has 0 bridgehead atoms. The highest BCUT2D eigenvalue weighted by Crippen LogP contribution is 2.24. The smallest absolute Gasteiger partial charge is 0.313 e. The van der Waals surface area contributed by atoms with Crippen molar-refractivity contribution in [2.24, 2.45) is 0 Å². The number of benzene rings is 1. The van der Waals surface area contributed by atoms with Crippen LogP contribution in [0.5, 0.6) is 0 Å². The topological polar surface area (TPSA) is 78.5 Å². The molecule has 0 unspecified atom stereocenters. The molecule has 0 radical (unpaired) electrons. The lowest BCUT2D eigenvalue weighted by Gasteiger charge is -2.27. The predicted octanol–water partition coefficient (Wildman–Crippen LogP) is 1.42. The molecule has 0 aromatic heterocycles. The van der Waals surface area contributed by atoms with Gasteiger partial charge in [0.15, 0.2) is 0 Å². The zero-order chi connectivity index (χ0) is 15.5. The second-order valence-electron chi connectivity index (χ2n) is 5.75. The highest BCUT2D eigenvalue weighted by atomic mass is 16.2. The van der Waals surface area contributed by atoms with E-state index in [4.69, 9.17) is 0 Å². The van der Waals surface area contributed by atoms with Gasteiger partial charge in [-0.3, -0.25) is 14.4 Å². The highest BCUT2D eigenvalue weighted by Gasteiger charge is 2.26. The van der Waals surface area contributed by atoms with E-state index >= 15 is 0 Å². The van der Waals surface area contributed by atoms with Crippen LogP contribution in [-0.2, 0) is 14.4 Å². The molecule has 2 N–H and O–H groups in total. The summed E-state index contributed by atoms with van der Waals surface area (Å²) in [6.07, 6.45) is 4.33. The van der Waals surface area contributed by atoms with Gasteiger partial charge in [-0.2, -0.15) is 0 Å². The van der Waals surface area contributed by atoms with Crippen molar-refractivity contribution in [2.45, 2.75) is 38.1 Å². The van der Waals surface area contributed by atoms with E-state index in [0.29, 0.717) is 18.7 Å². The summed E-state index contributed by atoms with van der Waals surface area (Å²) < 4.78 is 0. The van der Waals surface area contributed by atoms with Crippen LogP contribution in [-0.4, -0.2) is 30.3 Å². The number of nitrogens with zero attached hydrogens (tertiary/aromatic N) is 1. The highest BCUT2D eigenvalue weighted by molar-refractivity contribution is 6.39. The van der Waals surface area contributed by atoms with Crippen molar-refractivity contribution in [1.29, 1.82) is 0 Å². The maximum atomic E-state index is 11.9. The average molecular weight is 301 g/mol. The lowest BCUT2D eigenvalue weighted by atomic mass is 10.1. The van der Waals surface area contributed by atoms with Crippen molar-refractivity contribution in [1.82, 2.24) is 5.32 Å². The van der Waals surface area contributed by atoms with Crippen LogP contribution in [0.3, 0.4) is 0 Å². The van der Waals surface area contributed by atoms with E-state index in [9.17, 15) is 14.4 Å². The Labute approximate surface area is 128 Å². The molecule has 0 atom stereocenters. The van der Waals surface area contributed by atoms with Crippen LogP contribution in [0.4, 0.5) is 11.4 Å². The number of hydrogen-bond donors (Lipinski definition) is 2. The number of hydrogen-bond acceptors (Lipinski definition) is 3.